The van der Waals surface area contributed by atoms with Crippen LogP contribution in [-0.2, 0) is 11.3 Å². The quantitative estimate of drug-likeness (QED) is 0.768. The fraction of sp³-hybridized carbons (Fsp3) is 0.600. The van der Waals surface area contributed by atoms with Crippen LogP contribution in [-0.4, -0.2) is 21.2 Å². The van der Waals surface area contributed by atoms with Gasteiger partial charge in [0.25, 0.3) is 0 Å². The van der Waals surface area contributed by atoms with Crippen molar-refractivity contribution >= 4 is 0 Å². The molecular weight excluding hydrogens is 180 g/mol. The van der Waals surface area contributed by atoms with Crippen LogP contribution < -0.4 is 0 Å². The zero-order valence-corrected chi connectivity index (χ0v) is 8.18. The normalized spacial score (nSPS) is 26.7. The molecule has 14 heavy (non-hydrogen) atoms. The summed E-state index contributed by atoms with van der Waals surface area (Å²) in [4.78, 5) is 8.34. The molecule has 0 spiro atoms. The lowest BCUT2D eigenvalue weighted by atomic mass is 10.2. The molecule has 1 aromatic heterocycles. The lowest BCUT2D eigenvalue weighted by molar-refractivity contribution is 0.0502. The van der Waals surface area contributed by atoms with Crippen molar-refractivity contribution in [3.8, 4) is 0 Å². The third kappa shape index (κ3) is 1.91. The molecule has 1 aliphatic heterocycles. The van der Waals surface area contributed by atoms with E-state index in [0.29, 0.717) is 6.10 Å². The van der Waals surface area contributed by atoms with E-state index in [9.17, 15) is 0 Å². The Bertz CT molecular complexity index is 299. The molecule has 2 heterocycles. The van der Waals surface area contributed by atoms with Crippen molar-refractivity contribution in [1.29, 1.82) is 0 Å². The highest BCUT2D eigenvalue weighted by atomic mass is 16.5. The van der Waals surface area contributed by atoms with Gasteiger partial charge in [-0.3, -0.25) is 0 Å². The van der Waals surface area contributed by atoms with Crippen molar-refractivity contribution in [2.75, 3.05) is 0 Å². The van der Waals surface area contributed by atoms with E-state index in [2.05, 4.69) is 16.9 Å². The van der Waals surface area contributed by atoms with Gasteiger partial charge in [0.05, 0.1) is 12.7 Å². The van der Waals surface area contributed by atoms with Gasteiger partial charge in [0.2, 0.25) is 0 Å². The van der Waals surface area contributed by atoms with Gasteiger partial charge in [0.1, 0.15) is 6.10 Å². The first-order valence-corrected chi connectivity index (χ1v) is 4.86. The molecule has 0 aromatic carbocycles. The van der Waals surface area contributed by atoms with Crippen LogP contribution in [0.3, 0.4) is 0 Å². The number of hydrogen-bond acceptors (Lipinski definition) is 4. The van der Waals surface area contributed by atoms with Crippen molar-refractivity contribution < 1.29 is 9.84 Å². The molecule has 1 N–H and O–H groups in total. The van der Waals surface area contributed by atoms with E-state index in [-0.39, 0.29) is 12.7 Å². The minimum absolute atomic E-state index is 0.0117. The summed E-state index contributed by atoms with van der Waals surface area (Å²) in [6, 6.07) is 0. The van der Waals surface area contributed by atoms with Crippen LogP contribution in [0, 0.1) is 0 Å². The van der Waals surface area contributed by atoms with Crippen LogP contribution in [0.2, 0.25) is 0 Å². The van der Waals surface area contributed by atoms with Crippen LogP contribution >= 0.6 is 0 Å². The molecule has 4 nitrogen and oxygen atoms in total. The highest BCUT2D eigenvalue weighted by molar-refractivity contribution is 5.05. The Kier molecular flexibility index (Phi) is 2.74. The van der Waals surface area contributed by atoms with E-state index >= 15 is 0 Å². The molecule has 1 aliphatic rings. The molecule has 2 rings (SSSR count). The van der Waals surface area contributed by atoms with Gasteiger partial charge < -0.3 is 9.84 Å². The van der Waals surface area contributed by atoms with Gasteiger partial charge >= 0.3 is 0 Å². The summed E-state index contributed by atoms with van der Waals surface area (Å²) in [5, 5.41) is 8.82. The topological polar surface area (TPSA) is 55.2 Å². The van der Waals surface area contributed by atoms with E-state index in [1.165, 1.54) is 0 Å². The maximum atomic E-state index is 8.82. The zero-order valence-electron chi connectivity index (χ0n) is 8.18. The Morgan fingerprint density at radius 2 is 2.14 bits per heavy atom. The second-order valence-corrected chi connectivity index (χ2v) is 3.62. The summed E-state index contributed by atoms with van der Waals surface area (Å²) in [6.07, 6.45) is 5.69. The van der Waals surface area contributed by atoms with E-state index in [1.54, 1.807) is 12.4 Å². The van der Waals surface area contributed by atoms with Gasteiger partial charge in [-0.2, -0.15) is 0 Å². The number of aromatic nitrogens is 2. The summed E-state index contributed by atoms with van der Waals surface area (Å²) >= 11 is 0. The van der Waals surface area contributed by atoms with E-state index < -0.39 is 0 Å². The zero-order chi connectivity index (χ0) is 9.97. The largest absolute Gasteiger partial charge is 0.392 e. The number of aliphatic hydroxyl groups excluding tert-OH is 1. The molecule has 0 bridgehead atoms. The number of rotatable bonds is 2. The Hall–Kier alpha value is -1.00. The molecule has 0 aliphatic carbocycles. The molecule has 0 radical (unpaired) electrons. The smallest absolute Gasteiger partial charge is 0.157 e. The molecular formula is C10H14N2O2. The van der Waals surface area contributed by atoms with Crippen LogP contribution in [0.15, 0.2) is 12.4 Å². The number of nitrogens with zero attached hydrogens (tertiary/aromatic N) is 2. The van der Waals surface area contributed by atoms with Gasteiger partial charge in [-0.25, -0.2) is 9.97 Å². The molecule has 4 heteroatoms. The Morgan fingerprint density at radius 1 is 1.43 bits per heavy atom. The second-order valence-electron chi connectivity index (χ2n) is 3.62. The molecule has 2 unspecified atom stereocenters. The first kappa shape index (κ1) is 9.55. The fourth-order valence-corrected chi connectivity index (χ4v) is 1.61. The summed E-state index contributed by atoms with van der Waals surface area (Å²) in [5.74, 6) is 0.728. The summed E-state index contributed by atoms with van der Waals surface area (Å²) in [7, 11) is 0. The Labute approximate surface area is 83.0 Å². The third-order valence-electron chi connectivity index (χ3n) is 2.43. The summed E-state index contributed by atoms with van der Waals surface area (Å²) in [6.45, 7) is 2.05. The molecule has 76 valence electrons. The average Bonchev–Trinajstić information content (AvgIpc) is 2.65. The number of aliphatic hydroxyl groups is 1. The Morgan fingerprint density at radius 3 is 2.64 bits per heavy atom. The van der Waals surface area contributed by atoms with Gasteiger partial charge in [-0.1, -0.05) is 0 Å². The lowest BCUT2D eigenvalue weighted by Crippen LogP contribution is -2.05. The van der Waals surface area contributed by atoms with Gasteiger partial charge in [0, 0.05) is 18.0 Å². The predicted molar refractivity (Wildman–Crippen MR) is 50.5 cm³/mol. The van der Waals surface area contributed by atoms with E-state index in [0.717, 1.165) is 24.2 Å². The lowest BCUT2D eigenvalue weighted by Gasteiger charge is -2.09. The van der Waals surface area contributed by atoms with Crippen molar-refractivity contribution in [1.82, 2.24) is 9.97 Å². The summed E-state index contributed by atoms with van der Waals surface area (Å²) in [5.41, 5.74) is 0.736. The molecule has 1 aromatic rings. The van der Waals surface area contributed by atoms with E-state index in [1.807, 2.05) is 0 Å². The van der Waals surface area contributed by atoms with Crippen LogP contribution in [0.25, 0.3) is 0 Å². The third-order valence-corrected chi connectivity index (χ3v) is 2.43. The van der Waals surface area contributed by atoms with E-state index in [4.69, 9.17) is 9.84 Å². The molecule has 1 saturated heterocycles. The summed E-state index contributed by atoms with van der Waals surface area (Å²) < 4.78 is 5.63. The van der Waals surface area contributed by atoms with Crippen molar-refractivity contribution in [3.63, 3.8) is 0 Å². The van der Waals surface area contributed by atoms with Gasteiger partial charge in [-0.05, 0) is 19.8 Å². The van der Waals surface area contributed by atoms with Crippen LogP contribution in [0.5, 0.6) is 0 Å². The maximum absolute atomic E-state index is 8.82. The predicted octanol–water partition coefficient (Wildman–Crippen LogP) is 1.21. The SMILES string of the molecule is CC1CCC(c2ncc(CO)cn2)O1. The van der Waals surface area contributed by atoms with Gasteiger partial charge in [0.15, 0.2) is 5.82 Å². The van der Waals surface area contributed by atoms with Gasteiger partial charge in [-0.15, -0.1) is 0 Å². The highest BCUT2D eigenvalue weighted by Crippen LogP contribution is 2.29. The van der Waals surface area contributed by atoms with Crippen LogP contribution in [0.1, 0.15) is 37.3 Å². The van der Waals surface area contributed by atoms with Crippen molar-refractivity contribution in [2.45, 2.75) is 38.6 Å². The minimum Gasteiger partial charge on any atom is -0.392 e. The van der Waals surface area contributed by atoms with Crippen molar-refractivity contribution in [2.24, 2.45) is 0 Å². The standard InChI is InChI=1S/C10H14N2O2/c1-7-2-3-9(14-7)10-11-4-8(6-13)5-12-10/h4-5,7,9,13H,2-3,6H2,1H3. The number of ether oxygens (including phenoxy) is 1. The monoisotopic (exact) mass is 194 g/mol. The first-order valence-electron chi connectivity index (χ1n) is 4.86. The second kappa shape index (κ2) is 4.02. The Balaban J connectivity index is 2.09. The molecule has 0 amide bonds. The highest BCUT2D eigenvalue weighted by Gasteiger charge is 2.25. The maximum Gasteiger partial charge on any atom is 0.157 e. The molecule has 1 fully saturated rings. The molecule has 2 atom stereocenters. The van der Waals surface area contributed by atoms with Crippen molar-refractivity contribution in [3.05, 3.63) is 23.8 Å². The average molecular weight is 194 g/mol. The fourth-order valence-electron chi connectivity index (χ4n) is 1.61. The number of hydrogen-bond donors (Lipinski definition) is 1. The minimum atomic E-state index is -0.0117. The molecule has 0 saturated carbocycles. The van der Waals surface area contributed by atoms with Crippen LogP contribution in [0.4, 0.5) is 0 Å². The first-order chi connectivity index (χ1) is 6.79.